The van der Waals surface area contributed by atoms with Crippen molar-refractivity contribution in [2.45, 2.75) is 17.2 Å². The minimum absolute atomic E-state index is 0.106. The Morgan fingerprint density at radius 2 is 2.26 bits per heavy atom. The molecule has 0 aliphatic heterocycles. The quantitative estimate of drug-likeness (QED) is 0.822. The van der Waals surface area contributed by atoms with E-state index in [4.69, 9.17) is 0 Å². The highest BCUT2D eigenvalue weighted by molar-refractivity contribution is 9.10. The summed E-state index contributed by atoms with van der Waals surface area (Å²) in [5.74, 6) is 1.34. The molecule has 6 heteroatoms. The van der Waals surface area contributed by atoms with Gasteiger partial charge in [-0.1, -0.05) is 22.0 Å². The van der Waals surface area contributed by atoms with Gasteiger partial charge in [0.25, 0.3) is 5.56 Å². The molecule has 2 aromatic rings. The van der Waals surface area contributed by atoms with Crippen molar-refractivity contribution in [3.63, 3.8) is 0 Å². The molecule has 0 aliphatic carbocycles. The second-order valence-electron chi connectivity index (χ2n) is 3.96. The van der Waals surface area contributed by atoms with Gasteiger partial charge in [-0.15, -0.1) is 11.8 Å². The number of H-pyrrole nitrogens is 1. The molecule has 0 fully saturated rings. The summed E-state index contributed by atoms with van der Waals surface area (Å²) in [6.45, 7) is 0.596. The Morgan fingerprint density at radius 3 is 3.00 bits per heavy atom. The lowest BCUT2D eigenvalue weighted by molar-refractivity contribution is 0.773. The van der Waals surface area contributed by atoms with Crippen molar-refractivity contribution >= 4 is 27.7 Å². The lowest BCUT2D eigenvalue weighted by atomic mass is 10.4. The molecule has 2 N–H and O–H groups in total. The number of rotatable bonds is 5. The van der Waals surface area contributed by atoms with Crippen LogP contribution in [0.1, 0.15) is 11.5 Å². The molecule has 0 saturated heterocycles. The van der Waals surface area contributed by atoms with E-state index in [0.717, 1.165) is 15.1 Å². The van der Waals surface area contributed by atoms with Crippen LogP contribution in [-0.4, -0.2) is 17.0 Å². The van der Waals surface area contributed by atoms with Gasteiger partial charge in [-0.25, -0.2) is 4.98 Å². The Hall–Kier alpha value is -1.11. The van der Waals surface area contributed by atoms with Crippen molar-refractivity contribution in [1.29, 1.82) is 0 Å². The molecule has 0 bridgehead atoms. The number of benzene rings is 1. The molecule has 0 aliphatic rings. The van der Waals surface area contributed by atoms with Crippen LogP contribution in [0.5, 0.6) is 0 Å². The van der Waals surface area contributed by atoms with Crippen LogP contribution in [0, 0.1) is 0 Å². The number of nitrogens with one attached hydrogen (secondary N) is 2. The number of halogens is 1. The normalized spacial score (nSPS) is 10.6. The van der Waals surface area contributed by atoms with E-state index in [1.165, 1.54) is 6.07 Å². The number of hydrogen-bond donors (Lipinski definition) is 2. The average Bonchev–Trinajstić information content (AvgIpc) is 2.36. The zero-order valence-electron chi connectivity index (χ0n) is 10.4. The zero-order chi connectivity index (χ0) is 13.7. The van der Waals surface area contributed by atoms with Crippen LogP contribution in [0.3, 0.4) is 0 Å². The summed E-state index contributed by atoms with van der Waals surface area (Å²) < 4.78 is 1.04. The predicted octanol–water partition coefficient (Wildman–Crippen LogP) is 2.54. The molecule has 2 rings (SSSR count). The van der Waals surface area contributed by atoms with Crippen LogP contribution in [0.4, 0.5) is 0 Å². The predicted molar refractivity (Wildman–Crippen MR) is 81.3 cm³/mol. The number of nitrogens with zero attached hydrogens (tertiary/aromatic N) is 1. The molecular formula is C13H14BrN3OS. The van der Waals surface area contributed by atoms with Crippen LogP contribution in [0.25, 0.3) is 0 Å². The van der Waals surface area contributed by atoms with Crippen LogP contribution < -0.4 is 10.9 Å². The van der Waals surface area contributed by atoms with Gasteiger partial charge in [0.05, 0.1) is 11.4 Å². The third-order valence-corrected chi connectivity index (χ3v) is 3.87. The standard InChI is InChI=1S/C13H14BrN3OS/c1-15-7-10-6-13(18)17-12(16-10)8-19-11-4-2-3-9(14)5-11/h2-6,15H,7-8H2,1H3,(H,16,17,18). The summed E-state index contributed by atoms with van der Waals surface area (Å²) in [7, 11) is 1.83. The summed E-state index contributed by atoms with van der Waals surface area (Å²) in [6.07, 6.45) is 0. The third-order valence-electron chi connectivity index (χ3n) is 2.37. The van der Waals surface area contributed by atoms with Gasteiger partial charge in [0.2, 0.25) is 0 Å². The van der Waals surface area contributed by atoms with Gasteiger partial charge >= 0.3 is 0 Å². The largest absolute Gasteiger partial charge is 0.314 e. The summed E-state index contributed by atoms with van der Waals surface area (Å²) in [5.41, 5.74) is 0.654. The highest BCUT2D eigenvalue weighted by atomic mass is 79.9. The van der Waals surface area contributed by atoms with E-state index in [9.17, 15) is 4.79 Å². The molecule has 1 heterocycles. The Morgan fingerprint density at radius 1 is 1.42 bits per heavy atom. The molecule has 4 nitrogen and oxygen atoms in total. The first kappa shape index (κ1) is 14.3. The highest BCUT2D eigenvalue weighted by Crippen LogP contribution is 2.24. The van der Waals surface area contributed by atoms with Crippen molar-refractivity contribution in [2.24, 2.45) is 0 Å². The molecule has 0 unspecified atom stereocenters. The smallest absolute Gasteiger partial charge is 0.251 e. The summed E-state index contributed by atoms with van der Waals surface area (Å²) >= 11 is 5.08. The molecule has 1 aromatic carbocycles. The molecule has 19 heavy (non-hydrogen) atoms. The van der Waals surface area contributed by atoms with E-state index in [2.05, 4.69) is 31.2 Å². The maximum atomic E-state index is 11.5. The molecule has 100 valence electrons. The molecule has 0 spiro atoms. The monoisotopic (exact) mass is 339 g/mol. The molecule has 0 radical (unpaired) electrons. The Kier molecular flexibility index (Phi) is 5.18. The number of hydrogen-bond acceptors (Lipinski definition) is 4. The molecule has 1 aromatic heterocycles. The number of aromatic nitrogens is 2. The van der Waals surface area contributed by atoms with Gasteiger partial charge < -0.3 is 10.3 Å². The van der Waals surface area contributed by atoms with Gasteiger partial charge in [0.1, 0.15) is 5.82 Å². The van der Waals surface area contributed by atoms with Gasteiger partial charge in [0, 0.05) is 22.0 Å². The topological polar surface area (TPSA) is 57.8 Å². The fourth-order valence-electron chi connectivity index (χ4n) is 1.61. The lowest BCUT2D eigenvalue weighted by Crippen LogP contribution is -2.16. The molecule has 0 atom stereocenters. The van der Waals surface area contributed by atoms with E-state index < -0.39 is 0 Å². The van der Waals surface area contributed by atoms with Crippen molar-refractivity contribution in [2.75, 3.05) is 7.05 Å². The Labute approximate surface area is 124 Å². The molecule has 0 amide bonds. The minimum atomic E-state index is -0.106. The summed E-state index contributed by atoms with van der Waals surface area (Å²) in [5, 5.41) is 2.99. The fourth-order valence-corrected chi connectivity index (χ4v) is 2.99. The van der Waals surface area contributed by atoms with E-state index >= 15 is 0 Å². The Bertz CT molecular complexity index is 615. The highest BCUT2D eigenvalue weighted by Gasteiger charge is 2.02. The first-order valence-electron chi connectivity index (χ1n) is 5.79. The van der Waals surface area contributed by atoms with Crippen molar-refractivity contribution in [3.8, 4) is 0 Å². The summed E-state index contributed by atoms with van der Waals surface area (Å²) in [4.78, 5) is 19.8. The van der Waals surface area contributed by atoms with Crippen molar-refractivity contribution in [1.82, 2.24) is 15.3 Å². The van der Waals surface area contributed by atoms with Gasteiger partial charge in [-0.3, -0.25) is 4.79 Å². The first-order valence-corrected chi connectivity index (χ1v) is 7.57. The SMILES string of the molecule is CNCc1cc(=O)[nH]c(CSc2cccc(Br)c2)n1. The van der Waals surface area contributed by atoms with Crippen LogP contribution in [0.15, 0.2) is 44.5 Å². The maximum absolute atomic E-state index is 11.5. The van der Waals surface area contributed by atoms with Crippen LogP contribution in [0.2, 0.25) is 0 Å². The van der Waals surface area contributed by atoms with E-state index in [1.807, 2.05) is 31.3 Å². The van der Waals surface area contributed by atoms with Gasteiger partial charge in [-0.05, 0) is 25.2 Å². The zero-order valence-corrected chi connectivity index (χ0v) is 12.8. The van der Waals surface area contributed by atoms with Crippen molar-refractivity contribution < 1.29 is 0 Å². The van der Waals surface area contributed by atoms with Gasteiger partial charge in [-0.2, -0.15) is 0 Å². The summed E-state index contributed by atoms with van der Waals surface area (Å²) in [6, 6.07) is 9.56. The first-order chi connectivity index (χ1) is 9.17. The van der Waals surface area contributed by atoms with Crippen LogP contribution >= 0.6 is 27.7 Å². The second-order valence-corrected chi connectivity index (χ2v) is 5.92. The second kappa shape index (κ2) is 6.88. The Balaban J connectivity index is 2.09. The number of aromatic amines is 1. The minimum Gasteiger partial charge on any atom is -0.314 e. The van der Waals surface area contributed by atoms with Crippen LogP contribution in [-0.2, 0) is 12.3 Å². The average molecular weight is 340 g/mol. The van der Waals surface area contributed by atoms with Gasteiger partial charge in [0.15, 0.2) is 0 Å². The lowest BCUT2D eigenvalue weighted by Gasteiger charge is -2.04. The molecule has 0 saturated carbocycles. The molecular weight excluding hydrogens is 326 g/mol. The van der Waals surface area contributed by atoms with Crippen molar-refractivity contribution in [3.05, 3.63) is 56.7 Å². The van der Waals surface area contributed by atoms with E-state index in [0.29, 0.717) is 18.1 Å². The fraction of sp³-hybridized carbons (Fsp3) is 0.231. The third kappa shape index (κ3) is 4.49. The van der Waals surface area contributed by atoms with E-state index in [-0.39, 0.29) is 5.56 Å². The maximum Gasteiger partial charge on any atom is 0.251 e. The van der Waals surface area contributed by atoms with E-state index in [1.54, 1.807) is 11.8 Å². The number of thioether (sulfide) groups is 1.